The Morgan fingerprint density at radius 2 is 1.84 bits per heavy atom. The van der Waals surface area contributed by atoms with E-state index in [4.69, 9.17) is 17.3 Å². The molecule has 3 nitrogen and oxygen atoms in total. The molecule has 0 saturated carbocycles. The highest BCUT2D eigenvalue weighted by atomic mass is 35.5. The normalized spacial score (nSPS) is 20.0. The maximum absolute atomic E-state index is 12.6. The average Bonchev–Trinajstić information content (AvgIpc) is 3.08. The first kappa shape index (κ1) is 18.3. The Balaban J connectivity index is 1.55. The Morgan fingerprint density at radius 3 is 2.56 bits per heavy atom. The molecule has 25 heavy (non-hydrogen) atoms. The molecule has 1 aliphatic rings. The van der Waals surface area contributed by atoms with E-state index in [1.807, 2.05) is 47.4 Å². The van der Waals surface area contributed by atoms with Crippen molar-refractivity contribution in [2.45, 2.75) is 17.2 Å². The summed E-state index contributed by atoms with van der Waals surface area (Å²) in [4.78, 5) is 15.6. The monoisotopic (exact) mass is 374 g/mol. The maximum Gasteiger partial charge on any atom is 0.223 e. The van der Waals surface area contributed by atoms with Crippen LogP contribution in [0.2, 0.25) is 5.02 Å². The molecule has 1 fully saturated rings. The Labute approximate surface area is 158 Å². The van der Waals surface area contributed by atoms with Gasteiger partial charge in [-0.15, -0.1) is 11.8 Å². The van der Waals surface area contributed by atoms with E-state index in [9.17, 15) is 4.79 Å². The van der Waals surface area contributed by atoms with Gasteiger partial charge in [0.1, 0.15) is 0 Å². The summed E-state index contributed by atoms with van der Waals surface area (Å²) in [5.41, 5.74) is 7.24. The number of benzene rings is 2. The van der Waals surface area contributed by atoms with Crippen molar-refractivity contribution in [1.82, 2.24) is 4.90 Å². The molecule has 0 aliphatic carbocycles. The lowest BCUT2D eigenvalue weighted by atomic mass is 9.89. The molecule has 0 aromatic heterocycles. The van der Waals surface area contributed by atoms with Crippen LogP contribution in [0.5, 0.6) is 0 Å². The van der Waals surface area contributed by atoms with Gasteiger partial charge in [0.2, 0.25) is 5.91 Å². The summed E-state index contributed by atoms with van der Waals surface area (Å²) in [6.07, 6.45) is 0.523. The summed E-state index contributed by atoms with van der Waals surface area (Å²) in [6, 6.07) is 18.1. The third-order valence-corrected chi connectivity index (χ3v) is 6.25. The number of likely N-dealkylation sites (tertiary alicyclic amines) is 1. The van der Waals surface area contributed by atoms with E-state index in [1.165, 1.54) is 5.56 Å². The van der Waals surface area contributed by atoms with Gasteiger partial charge < -0.3 is 10.6 Å². The van der Waals surface area contributed by atoms with Crippen LogP contribution in [0.25, 0.3) is 0 Å². The summed E-state index contributed by atoms with van der Waals surface area (Å²) < 4.78 is 0. The second-order valence-corrected chi connectivity index (χ2v) is 7.88. The predicted octanol–water partition coefficient (Wildman–Crippen LogP) is 4.02. The summed E-state index contributed by atoms with van der Waals surface area (Å²) in [5, 5.41) is 0.744. The van der Waals surface area contributed by atoms with Crippen molar-refractivity contribution >= 4 is 29.3 Å². The Bertz CT molecular complexity index is 710. The molecule has 1 aliphatic heterocycles. The number of rotatable bonds is 6. The van der Waals surface area contributed by atoms with Crippen molar-refractivity contribution in [3.63, 3.8) is 0 Å². The second-order valence-electron chi connectivity index (χ2n) is 6.34. The van der Waals surface area contributed by atoms with Crippen molar-refractivity contribution < 1.29 is 4.79 Å². The minimum absolute atomic E-state index is 0.205. The van der Waals surface area contributed by atoms with E-state index >= 15 is 0 Å². The molecule has 2 atom stereocenters. The van der Waals surface area contributed by atoms with Gasteiger partial charge in [0.15, 0.2) is 0 Å². The molecule has 3 rings (SSSR count). The Kier molecular flexibility index (Phi) is 6.40. The van der Waals surface area contributed by atoms with Gasteiger partial charge in [-0.25, -0.2) is 0 Å². The fourth-order valence-electron chi connectivity index (χ4n) is 3.36. The zero-order chi connectivity index (χ0) is 17.6. The zero-order valence-electron chi connectivity index (χ0n) is 14.1. The summed E-state index contributed by atoms with van der Waals surface area (Å²) in [7, 11) is 0. The molecule has 132 valence electrons. The standard InChI is InChI=1S/C20H23ClN2OS/c21-18-8-4-5-9-19(18)25-11-10-20(24)23-13-16(12-22)17(14-23)15-6-2-1-3-7-15/h1-9,16-17H,10-14,22H2/t16-,17+/m1/s1. The van der Waals surface area contributed by atoms with Crippen LogP contribution in [0.1, 0.15) is 17.9 Å². The largest absolute Gasteiger partial charge is 0.342 e. The zero-order valence-corrected chi connectivity index (χ0v) is 15.7. The topological polar surface area (TPSA) is 46.3 Å². The van der Waals surface area contributed by atoms with Crippen LogP contribution >= 0.6 is 23.4 Å². The lowest BCUT2D eigenvalue weighted by Crippen LogP contribution is -2.30. The number of thioether (sulfide) groups is 1. The molecule has 0 bridgehead atoms. The van der Waals surface area contributed by atoms with Gasteiger partial charge >= 0.3 is 0 Å². The van der Waals surface area contributed by atoms with Crippen LogP contribution in [-0.2, 0) is 4.79 Å². The number of nitrogens with two attached hydrogens (primary N) is 1. The predicted molar refractivity (Wildman–Crippen MR) is 105 cm³/mol. The average molecular weight is 375 g/mol. The molecule has 2 aromatic rings. The van der Waals surface area contributed by atoms with Gasteiger partial charge in [0, 0.05) is 36.1 Å². The SMILES string of the molecule is NC[C@@H]1CN(C(=O)CCSc2ccccc2Cl)C[C@H]1c1ccccc1. The first-order valence-electron chi connectivity index (χ1n) is 8.59. The van der Waals surface area contributed by atoms with E-state index in [2.05, 4.69) is 12.1 Å². The maximum atomic E-state index is 12.6. The number of carbonyl (C=O) groups excluding carboxylic acids is 1. The van der Waals surface area contributed by atoms with Crippen molar-refractivity contribution in [3.8, 4) is 0 Å². The first-order chi connectivity index (χ1) is 12.2. The molecular formula is C20H23ClN2OS. The van der Waals surface area contributed by atoms with Gasteiger partial charge in [0.05, 0.1) is 5.02 Å². The molecule has 5 heteroatoms. The van der Waals surface area contributed by atoms with Gasteiger partial charge in [-0.2, -0.15) is 0 Å². The fourth-order valence-corrected chi connectivity index (χ4v) is 4.54. The van der Waals surface area contributed by atoms with Crippen LogP contribution in [0.4, 0.5) is 0 Å². The van der Waals surface area contributed by atoms with Crippen LogP contribution in [0, 0.1) is 5.92 Å². The van der Waals surface area contributed by atoms with Crippen molar-refractivity contribution in [3.05, 3.63) is 65.2 Å². The second kappa shape index (κ2) is 8.75. The van der Waals surface area contributed by atoms with Crippen molar-refractivity contribution in [2.75, 3.05) is 25.4 Å². The molecule has 0 spiro atoms. The third-order valence-electron chi connectivity index (χ3n) is 4.73. The van der Waals surface area contributed by atoms with E-state index in [0.29, 0.717) is 24.8 Å². The number of hydrogen-bond acceptors (Lipinski definition) is 3. The third kappa shape index (κ3) is 4.57. The van der Waals surface area contributed by atoms with Gasteiger partial charge in [0.25, 0.3) is 0 Å². The molecule has 2 N–H and O–H groups in total. The van der Waals surface area contributed by atoms with Crippen molar-refractivity contribution in [2.24, 2.45) is 11.7 Å². The number of carbonyl (C=O) groups is 1. The molecule has 2 aromatic carbocycles. The fraction of sp³-hybridized carbons (Fsp3) is 0.350. The quantitative estimate of drug-likeness (QED) is 0.776. The van der Waals surface area contributed by atoms with E-state index in [-0.39, 0.29) is 5.91 Å². The highest BCUT2D eigenvalue weighted by molar-refractivity contribution is 7.99. The molecule has 0 radical (unpaired) electrons. The lowest BCUT2D eigenvalue weighted by Gasteiger charge is -2.17. The summed E-state index contributed by atoms with van der Waals surface area (Å²) in [5.74, 6) is 1.62. The molecule has 1 amide bonds. The van der Waals surface area contributed by atoms with E-state index in [0.717, 1.165) is 28.8 Å². The van der Waals surface area contributed by atoms with Crippen molar-refractivity contribution in [1.29, 1.82) is 0 Å². The van der Waals surface area contributed by atoms with Crippen LogP contribution in [0.15, 0.2) is 59.5 Å². The number of hydrogen-bond donors (Lipinski definition) is 1. The van der Waals surface area contributed by atoms with E-state index < -0.39 is 0 Å². The van der Waals surface area contributed by atoms with Crippen LogP contribution in [0.3, 0.4) is 0 Å². The van der Waals surface area contributed by atoms with E-state index in [1.54, 1.807) is 11.8 Å². The minimum Gasteiger partial charge on any atom is -0.342 e. The summed E-state index contributed by atoms with van der Waals surface area (Å²) >= 11 is 7.80. The van der Waals surface area contributed by atoms with Gasteiger partial charge in [-0.05, 0) is 30.2 Å². The molecule has 1 saturated heterocycles. The molecular weight excluding hydrogens is 352 g/mol. The Hall–Kier alpha value is -1.49. The highest BCUT2D eigenvalue weighted by Gasteiger charge is 2.34. The minimum atomic E-state index is 0.205. The van der Waals surface area contributed by atoms with Crippen LogP contribution in [-0.4, -0.2) is 36.2 Å². The number of amides is 1. The van der Waals surface area contributed by atoms with Gasteiger partial charge in [-0.1, -0.05) is 54.1 Å². The lowest BCUT2D eigenvalue weighted by molar-refractivity contribution is -0.129. The molecule has 0 unspecified atom stereocenters. The Morgan fingerprint density at radius 1 is 1.12 bits per heavy atom. The smallest absolute Gasteiger partial charge is 0.223 e. The number of halogens is 1. The summed E-state index contributed by atoms with van der Waals surface area (Å²) in [6.45, 7) is 2.13. The first-order valence-corrected chi connectivity index (χ1v) is 9.95. The van der Waals surface area contributed by atoms with Gasteiger partial charge in [-0.3, -0.25) is 4.79 Å². The number of nitrogens with zero attached hydrogens (tertiary/aromatic N) is 1. The molecule has 1 heterocycles. The van der Waals surface area contributed by atoms with Crippen LogP contribution < -0.4 is 5.73 Å². The highest BCUT2D eigenvalue weighted by Crippen LogP contribution is 2.33.